The second-order valence-corrected chi connectivity index (χ2v) is 29.5. The van der Waals surface area contributed by atoms with Gasteiger partial charge < -0.3 is 43.7 Å². The normalized spacial score (nSPS) is 12.9. The highest BCUT2D eigenvalue weighted by atomic mass is 79.9. The molecule has 0 radical (unpaired) electrons. The Hall–Kier alpha value is 0.400. The van der Waals surface area contributed by atoms with Crippen molar-refractivity contribution < 1.29 is 43.7 Å². The third-order valence-electron chi connectivity index (χ3n) is 11.7. The number of rotatable bonds is 21. The molecule has 6 rings (SSSR count). The van der Waals surface area contributed by atoms with Crippen LogP contribution in [0.5, 0.6) is 28.7 Å². The molecule has 3 unspecified atom stereocenters. The van der Waals surface area contributed by atoms with E-state index in [1.807, 2.05) is 55.5 Å². The van der Waals surface area contributed by atoms with Crippen LogP contribution in [0, 0.1) is 13.8 Å². The topological polar surface area (TPSA) is 116 Å². The number of aryl methyl sites for hydroxylation is 1. The Morgan fingerprint density at radius 2 is 0.553 bits per heavy atom. The first-order valence-corrected chi connectivity index (χ1v) is 33.1. The van der Waals surface area contributed by atoms with Gasteiger partial charge in [-0.3, -0.25) is 0 Å². The Morgan fingerprint density at radius 1 is 0.342 bits per heavy atom. The van der Waals surface area contributed by atoms with Crippen molar-refractivity contribution in [3.8, 4) is 28.7 Å². The average molecular weight is 1880 g/mol. The number of benzene rings is 6. The highest BCUT2D eigenvalue weighted by Crippen LogP contribution is 2.46. The molecule has 3 N–H and O–H groups in total. The summed E-state index contributed by atoms with van der Waals surface area (Å²) in [6.45, 7) is 13.3. The summed E-state index contributed by atoms with van der Waals surface area (Å²) in [7, 11) is 1.53. The lowest BCUT2D eigenvalue weighted by Gasteiger charge is -2.28. The third-order valence-corrected chi connectivity index (χ3v) is 19.7. The van der Waals surface area contributed by atoms with Crippen molar-refractivity contribution in [1.29, 1.82) is 0 Å². The lowest BCUT2D eigenvalue weighted by molar-refractivity contribution is 0.0321. The van der Waals surface area contributed by atoms with Gasteiger partial charge in [0.05, 0.1) is 51.3 Å². The molecule has 22 heteroatoms. The van der Waals surface area contributed by atoms with Gasteiger partial charge >= 0.3 is 0 Å². The SMILES string of the molecule is COCC(O)COc1c(Br)cc(C(C)(C)c2cc(Br)c(OCC(O)COc3c(Br)cc(Br)cc3Br)c(Br)c2)cc1Br.Cc1cc(Br)c(OCC(O)COc2c(Br)cc(C(C)(C)c3cc(Br)c(C)c(Br)c3)cc2Br)c(Br)c1. The van der Waals surface area contributed by atoms with Crippen molar-refractivity contribution in [1.82, 2.24) is 0 Å². The Labute approximate surface area is 554 Å². The number of aliphatic hydroxyl groups is 3. The van der Waals surface area contributed by atoms with Crippen LogP contribution in [-0.2, 0) is 15.6 Å². The van der Waals surface area contributed by atoms with E-state index in [9.17, 15) is 15.3 Å². The van der Waals surface area contributed by atoms with Crippen LogP contribution in [0.4, 0.5) is 0 Å². The molecule has 0 aliphatic carbocycles. The number of halogens is 13. The second-order valence-electron chi connectivity index (χ2n) is 18.4. The van der Waals surface area contributed by atoms with Crippen LogP contribution in [0.25, 0.3) is 0 Å². The maximum Gasteiger partial charge on any atom is 0.147 e. The van der Waals surface area contributed by atoms with Crippen molar-refractivity contribution in [3.63, 3.8) is 0 Å². The van der Waals surface area contributed by atoms with E-state index in [0.29, 0.717) is 28.7 Å². The third kappa shape index (κ3) is 18.2. The first kappa shape index (κ1) is 67.2. The van der Waals surface area contributed by atoms with Crippen LogP contribution in [0.1, 0.15) is 61.1 Å². The molecule has 0 saturated carbocycles. The molecular weight excluding hydrogens is 1830 g/mol. The van der Waals surface area contributed by atoms with Crippen LogP contribution in [-0.4, -0.2) is 80.4 Å². The van der Waals surface area contributed by atoms with Crippen LogP contribution in [0.15, 0.2) is 131 Å². The summed E-state index contributed by atoms with van der Waals surface area (Å²) >= 11 is 46.6. The molecule has 6 aromatic carbocycles. The van der Waals surface area contributed by atoms with E-state index < -0.39 is 23.7 Å². The van der Waals surface area contributed by atoms with E-state index in [1.165, 1.54) is 18.2 Å². The zero-order valence-corrected chi connectivity index (χ0v) is 62.2. The van der Waals surface area contributed by atoms with Crippen molar-refractivity contribution >= 4 is 207 Å². The van der Waals surface area contributed by atoms with Gasteiger partial charge in [0.15, 0.2) is 0 Å². The molecular formula is C54H51Br13O9. The van der Waals surface area contributed by atoms with E-state index in [4.69, 9.17) is 28.4 Å². The molecule has 0 fully saturated rings. The number of hydrogen-bond donors (Lipinski definition) is 3. The molecule has 9 nitrogen and oxygen atoms in total. The standard InChI is InChI=1S/C28H27Br7O6.C26H24Br6O3/c1-28(2,14-4-19(30)25(20(31)5-14)39-11-17(36)10-38-3)15-6-21(32)26(22(33)7-15)40-12-18(37)13-41-27-23(34)8-16(29)9-24(27)35;1-13-5-20(29)24(21(30)6-13)34-11-17(33)12-35-25-22(31)9-16(10-23(25)32)26(3,4)15-7-18(27)14(2)19(28)8-15/h4-9,17-18,36-37H,10-13H2,1-3H3;5-10,17,33H,11-12H2,1-4H3. The van der Waals surface area contributed by atoms with Gasteiger partial charge in [-0.1, -0.05) is 75.5 Å². The molecule has 6 aromatic rings. The highest BCUT2D eigenvalue weighted by Gasteiger charge is 2.29. The first-order chi connectivity index (χ1) is 35.5. The predicted molar refractivity (Wildman–Crippen MR) is 350 cm³/mol. The van der Waals surface area contributed by atoms with Gasteiger partial charge in [0.2, 0.25) is 0 Å². The summed E-state index contributed by atoms with van der Waals surface area (Å²) < 4.78 is 45.2. The minimum absolute atomic E-state index is 0.0339. The minimum Gasteiger partial charge on any atom is -0.488 e. The molecule has 0 bridgehead atoms. The van der Waals surface area contributed by atoms with Gasteiger partial charge in [-0.15, -0.1) is 0 Å². The molecule has 0 spiro atoms. The lowest BCUT2D eigenvalue weighted by atomic mass is 9.78. The monoisotopic (exact) mass is 1870 g/mol. The molecule has 0 amide bonds. The lowest BCUT2D eigenvalue weighted by Crippen LogP contribution is -2.25. The van der Waals surface area contributed by atoms with Gasteiger partial charge in [0, 0.05) is 31.4 Å². The van der Waals surface area contributed by atoms with Gasteiger partial charge in [-0.05, 0) is 279 Å². The summed E-state index contributed by atoms with van der Waals surface area (Å²) in [4.78, 5) is 0. The summed E-state index contributed by atoms with van der Waals surface area (Å²) in [5.74, 6) is 3.07. The zero-order chi connectivity index (χ0) is 56.6. The van der Waals surface area contributed by atoms with Crippen molar-refractivity contribution in [3.05, 3.63) is 164 Å². The maximum absolute atomic E-state index is 10.5. The Bertz CT molecular complexity index is 2870. The van der Waals surface area contributed by atoms with Crippen LogP contribution in [0.2, 0.25) is 0 Å². The van der Waals surface area contributed by atoms with Crippen LogP contribution in [0.3, 0.4) is 0 Å². The molecule has 412 valence electrons. The molecule has 0 heterocycles. The van der Waals surface area contributed by atoms with Crippen molar-refractivity contribution in [2.45, 2.75) is 70.7 Å². The Kier molecular flexibility index (Phi) is 26.8. The molecule has 3 atom stereocenters. The van der Waals surface area contributed by atoms with E-state index in [2.05, 4.69) is 266 Å². The highest BCUT2D eigenvalue weighted by molar-refractivity contribution is 9.13. The largest absolute Gasteiger partial charge is 0.488 e. The van der Waals surface area contributed by atoms with Gasteiger partial charge in [0.1, 0.15) is 80.1 Å². The van der Waals surface area contributed by atoms with Crippen molar-refractivity contribution in [2.24, 2.45) is 0 Å². The van der Waals surface area contributed by atoms with Crippen LogP contribution >= 0.6 is 207 Å². The fraction of sp³-hybridized carbons (Fsp3) is 0.333. The van der Waals surface area contributed by atoms with E-state index in [1.54, 1.807) is 0 Å². The second kappa shape index (κ2) is 30.3. The number of methoxy groups -OCH3 is 1. The number of aliphatic hydroxyl groups excluding tert-OH is 3. The van der Waals surface area contributed by atoms with E-state index >= 15 is 0 Å². The van der Waals surface area contributed by atoms with Gasteiger partial charge in [-0.2, -0.15) is 0 Å². The number of hydrogen-bond acceptors (Lipinski definition) is 9. The molecule has 0 aliphatic heterocycles. The fourth-order valence-corrected chi connectivity index (χ4v) is 16.8. The molecule has 0 aliphatic rings. The first-order valence-electron chi connectivity index (χ1n) is 22.8. The minimum atomic E-state index is -0.863. The summed E-state index contributed by atoms with van der Waals surface area (Å²) in [5.41, 5.74) is 5.96. The summed E-state index contributed by atoms with van der Waals surface area (Å²) in [6, 6.07) is 24.1. The van der Waals surface area contributed by atoms with E-state index in [0.717, 1.165) is 80.4 Å². The van der Waals surface area contributed by atoms with Crippen molar-refractivity contribution in [2.75, 3.05) is 46.8 Å². The van der Waals surface area contributed by atoms with Gasteiger partial charge in [-0.25, -0.2) is 0 Å². The summed E-state index contributed by atoms with van der Waals surface area (Å²) in [6.07, 6.45) is -2.40. The summed E-state index contributed by atoms with van der Waals surface area (Å²) in [5, 5.41) is 31.0. The van der Waals surface area contributed by atoms with Crippen LogP contribution < -0.4 is 23.7 Å². The smallest absolute Gasteiger partial charge is 0.147 e. The van der Waals surface area contributed by atoms with E-state index in [-0.39, 0.29) is 45.1 Å². The zero-order valence-electron chi connectivity index (χ0n) is 41.6. The van der Waals surface area contributed by atoms with Gasteiger partial charge in [0.25, 0.3) is 0 Å². The molecule has 76 heavy (non-hydrogen) atoms. The Balaban J connectivity index is 0.000000284. The molecule has 0 saturated heterocycles. The Morgan fingerprint density at radius 3 is 0.803 bits per heavy atom. The number of ether oxygens (including phenoxy) is 6. The quantitative estimate of drug-likeness (QED) is 0.0648. The predicted octanol–water partition coefficient (Wildman–Crippen LogP) is 19.6. The fourth-order valence-electron chi connectivity index (χ4n) is 7.24. The maximum atomic E-state index is 10.5. The molecule has 0 aromatic heterocycles. The average Bonchev–Trinajstić information content (AvgIpc) is 3.31.